The average molecular weight is 488 g/mol. The number of anilines is 1. The number of aliphatic hydroxyl groups excluding tert-OH is 1. The molecule has 3 fully saturated rings. The molecule has 2 N–H and O–H groups in total. The van der Waals surface area contributed by atoms with Crippen LogP contribution in [-0.4, -0.2) is 70.7 Å². The van der Waals surface area contributed by atoms with Gasteiger partial charge in [-0.2, -0.15) is 0 Å². The summed E-state index contributed by atoms with van der Waals surface area (Å²) in [5.41, 5.74) is 6.28. The van der Waals surface area contributed by atoms with Gasteiger partial charge in [0.1, 0.15) is 0 Å². The Hall–Kier alpha value is -2.28. The second kappa shape index (κ2) is 10.6. The van der Waals surface area contributed by atoms with E-state index in [2.05, 4.69) is 52.5 Å². The van der Waals surface area contributed by atoms with Crippen LogP contribution < -0.4 is 5.32 Å². The molecule has 1 aromatic heterocycles. The minimum absolute atomic E-state index is 0.136. The van der Waals surface area contributed by atoms with Gasteiger partial charge in [-0.15, -0.1) is 0 Å². The summed E-state index contributed by atoms with van der Waals surface area (Å²) >= 11 is 0. The first-order valence-electron chi connectivity index (χ1n) is 14.1. The number of aliphatic hydroxyl groups is 1. The molecular formula is C30H41N5O. The second-order valence-corrected chi connectivity index (χ2v) is 11.6. The molecule has 36 heavy (non-hydrogen) atoms. The summed E-state index contributed by atoms with van der Waals surface area (Å²) in [6.07, 6.45) is 12.3. The van der Waals surface area contributed by atoms with Crippen LogP contribution >= 0.6 is 0 Å². The van der Waals surface area contributed by atoms with E-state index in [-0.39, 0.29) is 6.10 Å². The zero-order chi connectivity index (χ0) is 24.5. The van der Waals surface area contributed by atoms with Crippen LogP contribution in [0.25, 0.3) is 5.57 Å². The number of benzene rings is 1. The molecule has 0 radical (unpaired) electrons. The van der Waals surface area contributed by atoms with Gasteiger partial charge < -0.3 is 15.3 Å². The number of nitrogens with one attached hydrogen (secondary N) is 1. The largest absolute Gasteiger partial charge is 0.393 e. The number of rotatable bonds is 8. The Morgan fingerprint density at radius 1 is 0.972 bits per heavy atom. The van der Waals surface area contributed by atoms with Crippen molar-refractivity contribution in [3.8, 4) is 0 Å². The first-order chi connectivity index (χ1) is 17.6. The van der Waals surface area contributed by atoms with E-state index in [4.69, 9.17) is 9.97 Å². The molecule has 1 aromatic carbocycles. The normalized spacial score (nSPS) is 27.1. The number of allylic oxidation sites excluding steroid dienone is 1. The van der Waals surface area contributed by atoms with Crippen LogP contribution in [0.2, 0.25) is 0 Å². The van der Waals surface area contributed by atoms with E-state index < -0.39 is 0 Å². The molecule has 1 unspecified atom stereocenters. The molecule has 0 spiro atoms. The summed E-state index contributed by atoms with van der Waals surface area (Å²) in [5, 5.41) is 13.6. The van der Waals surface area contributed by atoms with Gasteiger partial charge >= 0.3 is 0 Å². The number of hydrogen-bond donors (Lipinski definition) is 2. The molecule has 1 saturated heterocycles. The van der Waals surface area contributed by atoms with Gasteiger partial charge in [0.25, 0.3) is 0 Å². The Kier molecular flexibility index (Phi) is 7.09. The van der Waals surface area contributed by atoms with E-state index in [0.29, 0.717) is 11.8 Å². The lowest BCUT2D eigenvalue weighted by Gasteiger charge is -2.32. The third-order valence-corrected chi connectivity index (χ3v) is 8.82. The van der Waals surface area contributed by atoms with Crippen molar-refractivity contribution >= 4 is 11.5 Å². The fraction of sp³-hybridized carbons (Fsp3) is 0.600. The molecular weight excluding hydrogens is 446 g/mol. The lowest BCUT2D eigenvalue weighted by molar-refractivity contribution is 0.105. The van der Waals surface area contributed by atoms with Crippen molar-refractivity contribution in [2.24, 2.45) is 11.8 Å². The maximum absolute atomic E-state index is 10.1. The molecule has 2 saturated carbocycles. The SMILES string of the molecule is CN1CCN(Cc2ccc(C3=CC(C4CCC(O)CC4)c4nc(NCCC5CC5)ncc43)cc2)CC1. The highest BCUT2D eigenvalue weighted by Crippen LogP contribution is 2.46. The van der Waals surface area contributed by atoms with Gasteiger partial charge in [0.05, 0.1) is 11.8 Å². The molecule has 192 valence electrons. The third-order valence-electron chi connectivity index (χ3n) is 8.82. The van der Waals surface area contributed by atoms with E-state index in [1.165, 1.54) is 47.2 Å². The molecule has 2 aromatic rings. The standard InChI is InChI=1S/C30H41N5O/c1-34-14-16-35(17-15-34)20-22-4-6-23(7-5-22)26-18-27(24-8-10-25(36)11-9-24)29-28(26)19-32-30(33-29)31-13-12-21-2-3-21/h4-7,18-19,21,24-25,27,36H,2-3,8-17,20H2,1H3,(H,31,32,33). The number of nitrogens with zero attached hydrogens (tertiary/aromatic N) is 4. The summed E-state index contributed by atoms with van der Waals surface area (Å²) in [6.45, 7) is 6.57. The van der Waals surface area contributed by atoms with E-state index in [9.17, 15) is 5.11 Å². The fourth-order valence-electron chi connectivity index (χ4n) is 6.21. The monoisotopic (exact) mass is 487 g/mol. The number of hydrogen-bond acceptors (Lipinski definition) is 6. The Bertz CT molecular complexity index is 1060. The van der Waals surface area contributed by atoms with Crippen molar-refractivity contribution in [3.63, 3.8) is 0 Å². The highest BCUT2D eigenvalue weighted by molar-refractivity contribution is 5.85. The van der Waals surface area contributed by atoms with Crippen molar-refractivity contribution in [1.82, 2.24) is 19.8 Å². The summed E-state index contributed by atoms with van der Waals surface area (Å²) in [4.78, 5) is 14.8. The first-order valence-corrected chi connectivity index (χ1v) is 14.1. The molecule has 0 amide bonds. The maximum Gasteiger partial charge on any atom is 0.222 e. The Morgan fingerprint density at radius 2 is 1.72 bits per heavy atom. The van der Waals surface area contributed by atoms with Crippen molar-refractivity contribution in [2.75, 3.05) is 45.1 Å². The van der Waals surface area contributed by atoms with E-state index in [1.54, 1.807) is 0 Å². The van der Waals surface area contributed by atoms with Crippen molar-refractivity contribution < 1.29 is 5.11 Å². The van der Waals surface area contributed by atoms with Crippen molar-refractivity contribution in [2.45, 2.75) is 63.5 Å². The molecule has 1 aliphatic heterocycles. The number of piperazine rings is 1. The van der Waals surface area contributed by atoms with Crippen LogP contribution in [0.5, 0.6) is 0 Å². The molecule has 1 atom stereocenters. The minimum atomic E-state index is -0.136. The summed E-state index contributed by atoms with van der Waals surface area (Å²) in [5.74, 6) is 2.52. The maximum atomic E-state index is 10.1. The van der Waals surface area contributed by atoms with Gasteiger partial charge in [-0.3, -0.25) is 4.90 Å². The van der Waals surface area contributed by atoms with Gasteiger partial charge in [0.15, 0.2) is 0 Å². The number of fused-ring (bicyclic) bond motifs is 1. The van der Waals surface area contributed by atoms with Gasteiger partial charge in [-0.05, 0) is 67.7 Å². The van der Waals surface area contributed by atoms with E-state index >= 15 is 0 Å². The molecule has 6 heteroatoms. The molecule has 6 rings (SSSR count). The molecule has 6 nitrogen and oxygen atoms in total. The van der Waals surface area contributed by atoms with Crippen LogP contribution in [0.15, 0.2) is 36.5 Å². The van der Waals surface area contributed by atoms with E-state index in [1.807, 2.05) is 6.20 Å². The Balaban J connectivity index is 1.21. The van der Waals surface area contributed by atoms with Crippen molar-refractivity contribution in [1.29, 1.82) is 0 Å². The highest BCUT2D eigenvalue weighted by atomic mass is 16.3. The van der Waals surface area contributed by atoms with Crippen LogP contribution in [0.4, 0.5) is 5.95 Å². The van der Waals surface area contributed by atoms with Crippen LogP contribution in [0, 0.1) is 11.8 Å². The predicted octanol–water partition coefficient (Wildman–Crippen LogP) is 4.52. The second-order valence-electron chi connectivity index (χ2n) is 11.6. The van der Waals surface area contributed by atoms with Crippen LogP contribution in [-0.2, 0) is 6.54 Å². The predicted molar refractivity (Wildman–Crippen MR) is 145 cm³/mol. The Morgan fingerprint density at radius 3 is 2.44 bits per heavy atom. The summed E-state index contributed by atoms with van der Waals surface area (Å²) in [7, 11) is 2.21. The van der Waals surface area contributed by atoms with Crippen LogP contribution in [0.3, 0.4) is 0 Å². The van der Waals surface area contributed by atoms with Gasteiger partial charge in [-0.25, -0.2) is 9.97 Å². The lowest BCUT2D eigenvalue weighted by Crippen LogP contribution is -2.43. The molecule has 3 aliphatic carbocycles. The van der Waals surface area contributed by atoms with Gasteiger partial charge in [0, 0.05) is 56.9 Å². The highest BCUT2D eigenvalue weighted by Gasteiger charge is 2.34. The lowest BCUT2D eigenvalue weighted by atomic mass is 9.78. The third kappa shape index (κ3) is 5.51. The van der Waals surface area contributed by atoms with Crippen molar-refractivity contribution in [3.05, 3.63) is 58.9 Å². The summed E-state index contributed by atoms with van der Waals surface area (Å²) < 4.78 is 0. The number of likely N-dealkylation sites (N-methyl/N-ethyl adjacent to an activating group) is 1. The number of aromatic nitrogens is 2. The van der Waals surface area contributed by atoms with E-state index in [0.717, 1.165) is 76.8 Å². The smallest absolute Gasteiger partial charge is 0.222 e. The van der Waals surface area contributed by atoms with Gasteiger partial charge in [-0.1, -0.05) is 43.2 Å². The quantitative estimate of drug-likeness (QED) is 0.571. The zero-order valence-electron chi connectivity index (χ0n) is 21.7. The fourth-order valence-corrected chi connectivity index (χ4v) is 6.21. The molecule has 4 aliphatic rings. The molecule has 0 bridgehead atoms. The molecule has 2 heterocycles. The zero-order valence-corrected chi connectivity index (χ0v) is 21.7. The minimum Gasteiger partial charge on any atom is -0.393 e. The Labute approximate surface area is 215 Å². The topological polar surface area (TPSA) is 64.5 Å². The van der Waals surface area contributed by atoms with Gasteiger partial charge in [0.2, 0.25) is 5.95 Å². The average Bonchev–Trinajstić information content (AvgIpc) is 3.65. The summed E-state index contributed by atoms with van der Waals surface area (Å²) in [6, 6.07) is 9.17. The first kappa shape index (κ1) is 24.1. The van der Waals surface area contributed by atoms with Crippen LogP contribution in [0.1, 0.15) is 73.2 Å².